The third-order valence-corrected chi connectivity index (χ3v) is 3.78. The Labute approximate surface area is 102 Å². The summed E-state index contributed by atoms with van der Waals surface area (Å²) in [5.74, 6) is 2.41. The van der Waals surface area contributed by atoms with Gasteiger partial charge in [-0.2, -0.15) is 0 Å². The van der Waals surface area contributed by atoms with Crippen molar-refractivity contribution in [1.29, 1.82) is 0 Å². The van der Waals surface area contributed by atoms with Crippen molar-refractivity contribution in [2.75, 3.05) is 11.9 Å². The number of anilines is 1. The van der Waals surface area contributed by atoms with Crippen LogP contribution >= 0.6 is 11.8 Å². The molecule has 1 unspecified atom stereocenters. The van der Waals surface area contributed by atoms with E-state index in [1.807, 2.05) is 24.8 Å². The quantitative estimate of drug-likeness (QED) is 0.631. The van der Waals surface area contributed by atoms with E-state index in [9.17, 15) is 0 Å². The van der Waals surface area contributed by atoms with E-state index in [-0.39, 0.29) is 0 Å². The van der Waals surface area contributed by atoms with Gasteiger partial charge in [0.05, 0.1) is 0 Å². The first kappa shape index (κ1) is 13.3. The van der Waals surface area contributed by atoms with Crippen LogP contribution in [0.2, 0.25) is 0 Å². The summed E-state index contributed by atoms with van der Waals surface area (Å²) >= 11 is 1.81. The van der Waals surface area contributed by atoms with Gasteiger partial charge in [-0.1, -0.05) is 20.8 Å². The van der Waals surface area contributed by atoms with Gasteiger partial charge in [-0.25, -0.2) is 9.97 Å². The predicted molar refractivity (Wildman–Crippen MR) is 71.1 cm³/mol. The van der Waals surface area contributed by atoms with Crippen LogP contribution in [0.1, 0.15) is 33.5 Å². The summed E-state index contributed by atoms with van der Waals surface area (Å²) < 4.78 is 0. The number of rotatable bonds is 5. The van der Waals surface area contributed by atoms with Gasteiger partial charge in [0.25, 0.3) is 0 Å². The summed E-state index contributed by atoms with van der Waals surface area (Å²) in [4.78, 5) is 8.79. The van der Waals surface area contributed by atoms with Crippen LogP contribution in [0.25, 0.3) is 0 Å². The van der Waals surface area contributed by atoms with Gasteiger partial charge < -0.3 is 5.32 Å². The van der Waals surface area contributed by atoms with Crippen LogP contribution in [0.15, 0.2) is 11.1 Å². The second-order valence-corrected chi connectivity index (χ2v) is 5.63. The van der Waals surface area contributed by atoms with Crippen molar-refractivity contribution in [2.45, 2.75) is 44.9 Å². The topological polar surface area (TPSA) is 37.8 Å². The predicted octanol–water partition coefficient (Wildman–Crippen LogP) is 3.35. The molecule has 0 aliphatic rings. The van der Waals surface area contributed by atoms with Crippen LogP contribution in [0.3, 0.4) is 0 Å². The van der Waals surface area contributed by atoms with Gasteiger partial charge in [0.2, 0.25) is 0 Å². The lowest BCUT2D eigenvalue weighted by Crippen LogP contribution is -2.07. The van der Waals surface area contributed by atoms with Gasteiger partial charge in [0.15, 0.2) is 0 Å². The molecule has 0 radical (unpaired) electrons. The first-order valence-electron chi connectivity index (χ1n) is 5.79. The molecule has 0 aliphatic carbocycles. The Hall–Kier alpha value is -0.770. The molecule has 1 atom stereocenters. The molecule has 0 amide bonds. The summed E-state index contributed by atoms with van der Waals surface area (Å²) in [5.41, 5.74) is 0. The number of nitrogens with one attached hydrogen (secondary N) is 1. The van der Waals surface area contributed by atoms with E-state index in [0.717, 1.165) is 23.2 Å². The minimum absolute atomic E-state index is 0.573. The molecule has 1 aromatic heterocycles. The van der Waals surface area contributed by atoms with Crippen LogP contribution in [0, 0.1) is 12.8 Å². The molecule has 0 fully saturated rings. The molecule has 90 valence electrons. The molecule has 0 saturated heterocycles. The molecule has 0 aliphatic heterocycles. The van der Waals surface area contributed by atoms with E-state index < -0.39 is 0 Å². The number of nitrogens with zero attached hydrogens (tertiary/aromatic N) is 2. The molecule has 3 nitrogen and oxygen atoms in total. The highest BCUT2D eigenvalue weighted by Crippen LogP contribution is 2.27. The van der Waals surface area contributed by atoms with Gasteiger partial charge in [-0.05, 0) is 19.8 Å². The summed E-state index contributed by atoms with van der Waals surface area (Å²) in [7, 11) is 0. The first-order valence-corrected chi connectivity index (χ1v) is 6.67. The molecule has 0 spiro atoms. The SMILES string of the molecule is CCNc1cc(SC(C)C(C)C)nc(C)n1. The van der Waals surface area contributed by atoms with Crippen molar-refractivity contribution in [3.05, 3.63) is 11.9 Å². The summed E-state index contributed by atoms with van der Waals surface area (Å²) in [6, 6.07) is 2.03. The van der Waals surface area contributed by atoms with Gasteiger partial charge in [0, 0.05) is 17.9 Å². The molecule has 1 aromatic rings. The second-order valence-electron chi connectivity index (χ2n) is 4.24. The fourth-order valence-corrected chi connectivity index (χ4v) is 2.22. The summed E-state index contributed by atoms with van der Waals surface area (Å²) in [6.07, 6.45) is 0. The maximum absolute atomic E-state index is 4.45. The van der Waals surface area contributed by atoms with Crippen molar-refractivity contribution in [1.82, 2.24) is 9.97 Å². The van der Waals surface area contributed by atoms with Crippen molar-refractivity contribution in [2.24, 2.45) is 5.92 Å². The van der Waals surface area contributed by atoms with Crippen LogP contribution < -0.4 is 5.32 Å². The summed E-state index contributed by atoms with van der Waals surface area (Å²) in [6.45, 7) is 11.6. The van der Waals surface area contributed by atoms with Crippen molar-refractivity contribution in [3.8, 4) is 0 Å². The van der Waals surface area contributed by atoms with Crippen LogP contribution in [0.5, 0.6) is 0 Å². The lowest BCUT2D eigenvalue weighted by molar-refractivity contribution is 0.641. The Morgan fingerprint density at radius 3 is 2.56 bits per heavy atom. The molecule has 16 heavy (non-hydrogen) atoms. The highest BCUT2D eigenvalue weighted by atomic mass is 32.2. The van der Waals surface area contributed by atoms with Gasteiger partial charge in [-0.3, -0.25) is 0 Å². The molecular formula is C12H21N3S. The van der Waals surface area contributed by atoms with E-state index in [1.54, 1.807) is 0 Å². The maximum Gasteiger partial charge on any atom is 0.130 e. The van der Waals surface area contributed by atoms with Crippen LogP contribution in [-0.4, -0.2) is 21.8 Å². The van der Waals surface area contributed by atoms with Crippen molar-refractivity contribution in [3.63, 3.8) is 0 Å². The Bertz CT molecular complexity index is 339. The van der Waals surface area contributed by atoms with Crippen molar-refractivity contribution < 1.29 is 0 Å². The smallest absolute Gasteiger partial charge is 0.130 e. The maximum atomic E-state index is 4.45. The highest BCUT2D eigenvalue weighted by molar-refractivity contribution is 7.99. The van der Waals surface area contributed by atoms with E-state index in [4.69, 9.17) is 0 Å². The first-order chi connectivity index (χ1) is 7.52. The average Bonchev–Trinajstić information content (AvgIpc) is 2.16. The number of hydrogen-bond acceptors (Lipinski definition) is 4. The molecule has 4 heteroatoms. The van der Waals surface area contributed by atoms with E-state index in [0.29, 0.717) is 11.2 Å². The second kappa shape index (κ2) is 6.09. The number of aryl methyl sites for hydroxylation is 1. The molecule has 1 rings (SSSR count). The Morgan fingerprint density at radius 2 is 2.00 bits per heavy atom. The average molecular weight is 239 g/mol. The molecule has 0 bridgehead atoms. The number of aromatic nitrogens is 2. The minimum atomic E-state index is 0.573. The molecule has 1 N–H and O–H groups in total. The number of thioether (sulfide) groups is 1. The zero-order valence-electron chi connectivity index (χ0n) is 10.7. The minimum Gasteiger partial charge on any atom is -0.370 e. The largest absolute Gasteiger partial charge is 0.370 e. The van der Waals surface area contributed by atoms with Gasteiger partial charge in [0.1, 0.15) is 16.7 Å². The zero-order valence-corrected chi connectivity index (χ0v) is 11.6. The van der Waals surface area contributed by atoms with E-state index in [1.165, 1.54) is 0 Å². The lowest BCUT2D eigenvalue weighted by Gasteiger charge is -2.15. The number of hydrogen-bond donors (Lipinski definition) is 1. The van der Waals surface area contributed by atoms with Gasteiger partial charge >= 0.3 is 0 Å². The van der Waals surface area contributed by atoms with E-state index >= 15 is 0 Å². The third-order valence-electron chi connectivity index (χ3n) is 2.42. The van der Waals surface area contributed by atoms with Crippen molar-refractivity contribution >= 4 is 17.6 Å². The molecule has 0 aromatic carbocycles. The highest BCUT2D eigenvalue weighted by Gasteiger charge is 2.11. The Kier molecular flexibility index (Phi) is 5.06. The standard InChI is InChI=1S/C12H21N3S/c1-6-13-11-7-12(15-10(5)14-11)16-9(4)8(2)3/h7-9H,6H2,1-5H3,(H,13,14,15). The Morgan fingerprint density at radius 1 is 1.31 bits per heavy atom. The normalized spacial score (nSPS) is 12.9. The molecule has 0 saturated carbocycles. The fraction of sp³-hybridized carbons (Fsp3) is 0.667. The van der Waals surface area contributed by atoms with E-state index in [2.05, 4.69) is 43.0 Å². The van der Waals surface area contributed by atoms with Gasteiger partial charge in [-0.15, -0.1) is 11.8 Å². The summed E-state index contributed by atoms with van der Waals surface area (Å²) in [5, 5.41) is 4.86. The zero-order chi connectivity index (χ0) is 12.1. The molecule has 1 heterocycles. The monoisotopic (exact) mass is 239 g/mol. The third kappa shape index (κ3) is 4.00. The Balaban J connectivity index is 2.79. The lowest BCUT2D eigenvalue weighted by atomic mass is 10.2. The fourth-order valence-electron chi connectivity index (χ4n) is 1.20. The van der Waals surface area contributed by atoms with Crippen LogP contribution in [-0.2, 0) is 0 Å². The van der Waals surface area contributed by atoms with Crippen LogP contribution in [0.4, 0.5) is 5.82 Å². The molecular weight excluding hydrogens is 218 g/mol.